The van der Waals surface area contributed by atoms with Crippen LogP contribution >= 0.6 is 31.9 Å². The molecule has 0 saturated heterocycles. The molecule has 0 bridgehead atoms. The van der Waals surface area contributed by atoms with E-state index < -0.39 is 5.82 Å². The molecule has 0 saturated carbocycles. The Morgan fingerprint density at radius 1 is 1.29 bits per heavy atom. The molecule has 1 unspecified atom stereocenters. The molecule has 1 amide bonds. The van der Waals surface area contributed by atoms with Crippen molar-refractivity contribution in [2.45, 2.75) is 13.0 Å². The van der Waals surface area contributed by atoms with Gasteiger partial charge in [-0.15, -0.1) is 0 Å². The SMILES string of the molecule is CC(NC(=O)c1cc(N)c(F)cc1Br)c1cccc(Br)c1. The standard InChI is InChI=1S/C15H13Br2FN2O/c1-8(9-3-2-4-10(16)5-9)20-15(21)11-6-14(19)13(18)7-12(11)17/h2-8H,19H2,1H3,(H,20,21). The van der Waals surface area contributed by atoms with Crippen LogP contribution < -0.4 is 11.1 Å². The van der Waals surface area contributed by atoms with E-state index in [0.29, 0.717) is 10.0 Å². The summed E-state index contributed by atoms with van der Waals surface area (Å²) in [6.07, 6.45) is 0. The number of nitrogens with one attached hydrogen (secondary N) is 1. The van der Waals surface area contributed by atoms with Crippen LogP contribution in [0.5, 0.6) is 0 Å². The second kappa shape index (κ2) is 6.58. The molecular weight excluding hydrogens is 403 g/mol. The van der Waals surface area contributed by atoms with Crippen molar-refractivity contribution in [3.8, 4) is 0 Å². The minimum atomic E-state index is -0.557. The van der Waals surface area contributed by atoms with Crippen LogP contribution in [0.3, 0.4) is 0 Å². The number of nitrogen functional groups attached to an aromatic ring is 1. The Morgan fingerprint density at radius 3 is 2.67 bits per heavy atom. The fraction of sp³-hybridized carbons (Fsp3) is 0.133. The van der Waals surface area contributed by atoms with Gasteiger partial charge in [0, 0.05) is 8.95 Å². The second-order valence-corrected chi connectivity index (χ2v) is 6.37. The van der Waals surface area contributed by atoms with Crippen LogP contribution in [0.15, 0.2) is 45.3 Å². The number of hydrogen-bond donors (Lipinski definition) is 2. The van der Waals surface area contributed by atoms with Gasteiger partial charge in [0.1, 0.15) is 5.82 Å². The summed E-state index contributed by atoms with van der Waals surface area (Å²) in [5, 5.41) is 2.86. The van der Waals surface area contributed by atoms with Crippen LogP contribution in [-0.2, 0) is 0 Å². The quantitative estimate of drug-likeness (QED) is 0.728. The van der Waals surface area contributed by atoms with Gasteiger partial charge < -0.3 is 11.1 Å². The van der Waals surface area contributed by atoms with Gasteiger partial charge in [-0.25, -0.2) is 4.39 Å². The first kappa shape index (κ1) is 16.0. The maximum Gasteiger partial charge on any atom is 0.252 e. The van der Waals surface area contributed by atoms with Gasteiger partial charge in [-0.05, 0) is 52.7 Å². The summed E-state index contributed by atoms with van der Waals surface area (Å²) in [6, 6.07) is 9.98. The second-order valence-electron chi connectivity index (χ2n) is 4.60. The lowest BCUT2D eigenvalue weighted by Gasteiger charge is -2.15. The van der Waals surface area contributed by atoms with Gasteiger partial charge in [-0.3, -0.25) is 4.79 Å². The third kappa shape index (κ3) is 3.83. The molecule has 0 aliphatic carbocycles. The molecule has 3 nitrogen and oxygen atoms in total. The molecule has 0 radical (unpaired) electrons. The maximum atomic E-state index is 13.3. The van der Waals surface area contributed by atoms with Gasteiger partial charge in [0.05, 0.1) is 17.3 Å². The highest BCUT2D eigenvalue weighted by Gasteiger charge is 2.16. The van der Waals surface area contributed by atoms with Crippen LogP contribution in [0.4, 0.5) is 10.1 Å². The number of carbonyl (C=O) groups excluding carboxylic acids is 1. The summed E-state index contributed by atoms with van der Waals surface area (Å²) < 4.78 is 14.6. The Balaban J connectivity index is 2.20. The number of rotatable bonds is 3. The molecule has 2 aromatic rings. The van der Waals surface area contributed by atoms with Crippen molar-refractivity contribution < 1.29 is 9.18 Å². The molecule has 2 aromatic carbocycles. The summed E-state index contributed by atoms with van der Waals surface area (Å²) in [5.41, 5.74) is 6.71. The van der Waals surface area contributed by atoms with E-state index in [-0.39, 0.29) is 17.6 Å². The third-order valence-electron chi connectivity index (χ3n) is 3.03. The van der Waals surface area contributed by atoms with Crippen LogP contribution in [-0.4, -0.2) is 5.91 Å². The van der Waals surface area contributed by atoms with Crippen molar-refractivity contribution in [3.05, 3.63) is 62.3 Å². The highest BCUT2D eigenvalue weighted by molar-refractivity contribution is 9.10. The van der Waals surface area contributed by atoms with E-state index in [1.165, 1.54) is 12.1 Å². The summed E-state index contributed by atoms with van der Waals surface area (Å²) in [6.45, 7) is 1.88. The molecular formula is C15H13Br2FN2O. The van der Waals surface area contributed by atoms with Crippen LogP contribution in [0.25, 0.3) is 0 Å². The Labute approximate surface area is 139 Å². The zero-order valence-corrected chi connectivity index (χ0v) is 14.3. The molecule has 0 fully saturated rings. The molecule has 0 spiro atoms. The molecule has 2 rings (SSSR count). The molecule has 6 heteroatoms. The summed E-state index contributed by atoms with van der Waals surface area (Å²) >= 11 is 6.57. The smallest absolute Gasteiger partial charge is 0.252 e. The van der Waals surface area contributed by atoms with Gasteiger partial charge in [0.25, 0.3) is 5.91 Å². The predicted molar refractivity (Wildman–Crippen MR) is 88.5 cm³/mol. The van der Waals surface area contributed by atoms with Crippen LogP contribution in [0.1, 0.15) is 28.9 Å². The predicted octanol–water partition coefficient (Wildman–Crippen LogP) is 4.42. The first-order chi connectivity index (χ1) is 9.88. The third-order valence-corrected chi connectivity index (χ3v) is 4.18. The summed E-state index contributed by atoms with van der Waals surface area (Å²) in [5.74, 6) is -0.875. The lowest BCUT2D eigenvalue weighted by atomic mass is 10.1. The van der Waals surface area contributed by atoms with E-state index in [2.05, 4.69) is 37.2 Å². The van der Waals surface area contributed by atoms with Crippen LogP contribution in [0.2, 0.25) is 0 Å². The number of amides is 1. The van der Waals surface area contributed by atoms with Crippen molar-refractivity contribution in [2.24, 2.45) is 0 Å². The van der Waals surface area contributed by atoms with Crippen molar-refractivity contribution in [3.63, 3.8) is 0 Å². The number of carbonyl (C=O) groups is 1. The van der Waals surface area contributed by atoms with Crippen LogP contribution in [0, 0.1) is 5.82 Å². The highest BCUT2D eigenvalue weighted by atomic mass is 79.9. The zero-order valence-electron chi connectivity index (χ0n) is 11.2. The van der Waals surface area contributed by atoms with Gasteiger partial charge in [0.2, 0.25) is 0 Å². The topological polar surface area (TPSA) is 55.1 Å². The van der Waals surface area contributed by atoms with Gasteiger partial charge >= 0.3 is 0 Å². The monoisotopic (exact) mass is 414 g/mol. The van der Waals surface area contributed by atoms with Crippen molar-refractivity contribution >= 4 is 43.5 Å². The van der Waals surface area contributed by atoms with Crippen molar-refractivity contribution in [1.29, 1.82) is 0 Å². The summed E-state index contributed by atoms with van der Waals surface area (Å²) in [4.78, 5) is 12.3. The first-order valence-corrected chi connectivity index (χ1v) is 7.78. The number of benzene rings is 2. The van der Waals surface area contributed by atoms with E-state index in [1.807, 2.05) is 31.2 Å². The number of hydrogen-bond acceptors (Lipinski definition) is 2. The molecule has 21 heavy (non-hydrogen) atoms. The van der Waals surface area contributed by atoms with Crippen molar-refractivity contribution in [2.75, 3.05) is 5.73 Å². The first-order valence-electron chi connectivity index (χ1n) is 6.19. The fourth-order valence-corrected chi connectivity index (χ4v) is 2.79. The lowest BCUT2D eigenvalue weighted by Crippen LogP contribution is -2.27. The molecule has 0 aromatic heterocycles. The largest absolute Gasteiger partial charge is 0.396 e. The molecule has 3 N–H and O–H groups in total. The minimum Gasteiger partial charge on any atom is -0.396 e. The molecule has 0 aliphatic rings. The van der Waals surface area contributed by atoms with E-state index >= 15 is 0 Å². The van der Waals surface area contributed by atoms with E-state index in [0.717, 1.165) is 10.0 Å². The Kier molecular flexibility index (Phi) is 5.00. The van der Waals surface area contributed by atoms with Gasteiger partial charge in [-0.1, -0.05) is 28.1 Å². The number of halogens is 3. The van der Waals surface area contributed by atoms with Crippen molar-refractivity contribution in [1.82, 2.24) is 5.32 Å². The average molecular weight is 416 g/mol. The van der Waals surface area contributed by atoms with E-state index in [9.17, 15) is 9.18 Å². The summed E-state index contributed by atoms with van der Waals surface area (Å²) in [7, 11) is 0. The molecule has 110 valence electrons. The molecule has 0 aliphatic heterocycles. The maximum absolute atomic E-state index is 13.3. The normalized spacial score (nSPS) is 12.0. The number of nitrogens with two attached hydrogens (primary N) is 1. The van der Waals surface area contributed by atoms with Gasteiger partial charge in [0.15, 0.2) is 0 Å². The number of anilines is 1. The molecule has 1 atom stereocenters. The molecule has 0 heterocycles. The van der Waals surface area contributed by atoms with E-state index in [1.54, 1.807) is 0 Å². The average Bonchev–Trinajstić information content (AvgIpc) is 2.42. The Morgan fingerprint density at radius 2 is 2.00 bits per heavy atom. The Hall–Kier alpha value is -1.40. The zero-order chi connectivity index (χ0) is 15.6. The highest BCUT2D eigenvalue weighted by Crippen LogP contribution is 2.24. The lowest BCUT2D eigenvalue weighted by molar-refractivity contribution is 0.0939. The van der Waals surface area contributed by atoms with Gasteiger partial charge in [-0.2, -0.15) is 0 Å². The van der Waals surface area contributed by atoms with E-state index in [4.69, 9.17) is 5.73 Å². The minimum absolute atomic E-state index is 0.0570. The Bertz CT molecular complexity index is 691. The fourth-order valence-electron chi connectivity index (χ4n) is 1.87.